The molecular formula is C27H32FN3O5. The summed E-state index contributed by atoms with van der Waals surface area (Å²) in [7, 11) is 3.26. The van der Waals surface area contributed by atoms with Crippen LogP contribution in [0.2, 0.25) is 0 Å². The fourth-order valence-corrected chi connectivity index (χ4v) is 3.84. The van der Waals surface area contributed by atoms with E-state index in [4.69, 9.17) is 9.47 Å². The summed E-state index contributed by atoms with van der Waals surface area (Å²) in [4.78, 5) is 41.0. The van der Waals surface area contributed by atoms with Crippen LogP contribution < -0.4 is 5.32 Å². The molecule has 1 unspecified atom stereocenters. The van der Waals surface area contributed by atoms with Gasteiger partial charge in [0.1, 0.15) is 18.5 Å². The van der Waals surface area contributed by atoms with Crippen LogP contribution in [-0.4, -0.2) is 68.1 Å². The predicted octanol–water partition coefficient (Wildman–Crippen LogP) is 3.70. The van der Waals surface area contributed by atoms with Crippen LogP contribution in [0.25, 0.3) is 0 Å². The van der Waals surface area contributed by atoms with Crippen molar-refractivity contribution < 1.29 is 28.2 Å². The average Bonchev–Trinajstić information content (AvgIpc) is 2.90. The van der Waals surface area contributed by atoms with Crippen LogP contribution >= 0.6 is 0 Å². The second-order valence-electron chi connectivity index (χ2n) is 8.72. The van der Waals surface area contributed by atoms with Crippen LogP contribution in [-0.2, 0) is 20.9 Å². The molecule has 1 fully saturated rings. The molecule has 0 saturated carbocycles. The lowest BCUT2D eigenvalue weighted by Gasteiger charge is -2.33. The monoisotopic (exact) mass is 497 g/mol. The van der Waals surface area contributed by atoms with Crippen LogP contribution in [0.15, 0.2) is 66.5 Å². The number of alkyl carbamates (subject to hydrolysis) is 1. The van der Waals surface area contributed by atoms with E-state index in [1.54, 1.807) is 11.8 Å². The van der Waals surface area contributed by atoms with Gasteiger partial charge in [0.2, 0.25) is 5.91 Å². The third kappa shape index (κ3) is 7.39. The molecule has 3 rings (SSSR count). The maximum absolute atomic E-state index is 15.6. The molecule has 192 valence electrons. The maximum atomic E-state index is 15.6. The second-order valence-corrected chi connectivity index (χ2v) is 8.72. The quantitative estimate of drug-likeness (QED) is 0.560. The third-order valence-electron chi connectivity index (χ3n) is 6.03. The van der Waals surface area contributed by atoms with Crippen molar-refractivity contribution in [2.75, 3.05) is 40.3 Å². The number of halogens is 1. The Kier molecular flexibility index (Phi) is 9.58. The van der Waals surface area contributed by atoms with Gasteiger partial charge in [0.05, 0.1) is 18.6 Å². The molecule has 2 aromatic rings. The Morgan fingerprint density at radius 2 is 1.67 bits per heavy atom. The minimum atomic E-state index is -1.21. The van der Waals surface area contributed by atoms with Crippen molar-refractivity contribution >= 4 is 18.0 Å². The van der Waals surface area contributed by atoms with Gasteiger partial charge in [-0.05, 0) is 43.3 Å². The van der Waals surface area contributed by atoms with E-state index >= 15 is 4.39 Å². The van der Waals surface area contributed by atoms with E-state index in [0.717, 1.165) is 18.7 Å². The number of carbonyl (C=O) groups excluding carboxylic acids is 3. The molecule has 0 aliphatic carbocycles. The minimum absolute atomic E-state index is 0.0182. The number of hydrogen-bond donors (Lipinski definition) is 1. The molecule has 0 bridgehead atoms. The molecule has 0 aromatic heterocycles. The summed E-state index contributed by atoms with van der Waals surface area (Å²) in [5.74, 6) is -2.14. The molecule has 36 heavy (non-hydrogen) atoms. The molecule has 1 N–H and O–H groups in total. The molecular weight excluding hydrogens is 465 g/mol. The Morgan fingerprint density at radius 1 is 1.03 bits per heavy atom. The smallest absolute Gasteiger partial charge is 0.408 e. The van der Waals surface area contributed by atoms with Gasteiger partial charge < -0.3 is 24.6 Å². The van der Waals surface area contributed by atoms with E-state index in [1.807, 2.05) is 37.4 Å². The average molecular weight is 498 g/mol. The van der Waals surface area contributed by atoms with E-state index in [-0.39, 0.29) is 18.1 Å². The maximum Gasteiger partial charge on any atom is 0.408 e. The molecule has 1 saturated heterocycles. The first-order valence-electron chi connectivity index (χ1n) is 11.8. The zero-order chi connectivity index (χ0) is 26.1. The van der Waals surface area contributed by atoms with Crippen molar-refractivity contribution in [3.63, 3.8) is 0 Å². The number of esters is 1. The summed E-state index contributed by atoms with van der Waals surface area (Å²) in [5.41, 5.74) is 1.45. The number of carbonyl (C=O) groups is 3. The highest BCUT2D eigenvalue weighted by Crippen LogP contribution is 2.26. The topological polar surface area (TPSA) is 88.2 Å². The normalized spacial score (nSPS) is 16.1. The second kappa shape index (κ2) is 12.8. The van der Waals surface area contributed by atoms with Crippen molar-refractivity contribution in [3.05, 3.63) is 83.2 Å². The number of benzene rings is 2. The summed E-state index contributed by atoms with van der Waals surface area (Å²) in [6.45, 7) is 4.33. The molecule has 1 aliphatic heterocycles. The first kappa shape index (κ1) is 26.9. The molecule has 9 heteroatoms. The number of amides is 2. The van der Waals surface area contributed by atoms with E-state index in [1.165, 1.54) is 37.5 Å². The molecule has 1 heterocycles. The minimum Gasteiger partial charge on any atom is -0.465 e. The molecule has 1 aliphatic rings. The van der Waals surface area contributed by atoms with Gasteiger partial charge in [-0.15, -0.1) is 0 Å². The summed E-state index contributed by atoms with van der Waals surface area (Å²) in [5, 5.41) is 2.54. The molecule has 8 nitrogen and oxygen atoms in total. The SMILES string of the molecule is COC(=O)c1ccc(C(NC(=O)OCc2ccccc2)/C(F)=C/[C@@H](C)C(=O)N2CCN(C)CC2)cc1. The van der Waals surface area contributed by atoms with Gasteiger partial charge >= 0.3 is 12.1 Å². The van der Waals surface area contributed by atoms with E-state index < -0.39 is 29.8 Å². The molecule has 2 atom stereocenters. The highest BCUT2D eigenvalue weighted by Gasteiger charge is 2.26. The molecule has 0 spiro atoms. The Bertz CT molecular complexity index is 1070. The first-order valence-corrected chi connectivity index (χ1v) is 11.8. The van der Waals surface area contributed by atoms with Crippen molar-refractivity contribution in [1.82, 2.24) is 15.1 Å². The number of ether oxygens (including phenoxy) is 2. The van der Waals surface area contributed by atoms with Crippen LogP contribution in [0.1, 0.15) is 34.5 Å². The van der Waals surface area contributed by atoms with Crippen LogP contribution in [0.3, 0.4) is 0 Å². The Morgan fingerprint density at radius 3 is 2.28 bits per heavy atom. The lowest BCUT2D eigenvalue weighted by Crippen LogP contribution is -2.48. The predicted molar refractivity (Wildman–Crippen MR) is 133 cm³/mol. The van der Waals surface area contributed by atoms with Crippen molar-refractivity contribution in [3.8, 4) is 0 Å². The number of nitrogens with zero attached hydrogens (tertiary/aromatic N) is 2. The van der Waals surface area contributed by atoms with Gasteiger partial charge in [-0.2, -0.15) is 0 Å². The zero-order valence-corrected chi connectivity index (χ0v) is 20.8. The Balaban J connectivity index is 1.77. The lowest BCUT2D eigenvalue weighted by molar-refractivity contribution is -0.135. The summed E-state index contributed by atoms with van der Waals surface area (Å²) in [6.07, 6.45) is 0.402. The van der Waals surface area contributed by atoms with Gasteiger partial charge in [0.25, 0.3) is 0 Å². The molecule has 2 aromatic carbocycles. The summed E-state index contributed by atoms with van der Waals surface area (Å²) >= 11 is 0. The third-order valence-corrected chi connectivity index (χ3v) is 6.03. The number of nitrogens with one attached hydrogen (secondary N) is 1. The number of piperazine rings is 1. The highest BCUT2D eigenvalue weighted by molar-refractivity contribution is 5.89. The van der Waals surface area contributed by atoms with Crippen molar-refractivity contribution in [1.29, 1.82) is 0 Å². The van der Waals surface area contributed by atoms with Crippen molar-refractivity contribution in [2.45, 2.75) is 19.6 Å². The van der Waals surface area contributed by atoms with Gasteiger partial charge in [0, 0.05) is 26.2 Å². The van der Waals surface area contributed by atoms with Crippen LogP contribution in [0, 0.1) is 5.92 Å². The number of hydrogen-bond acceptors (Lipinski definition) is 6. The lowest BCUT2D eigenvalue weighted by atomic mass is 10.0. The van der Waals surface area contributed by atoms with E-state index in [0.29, 0.717) is 18.7 Å². The van der Waals surface area contributed by atoms with Crippen LogP contribution in [0.4, 0.5) is 9.18 Å². The standard InChI is InChI=1S/C27H32FN3O5/c1-19(25(32)31-15-13-30(2)14-16-31)17-23(28)24(21-9-11-22(12-10-21)26(33)35-3)29-27(34)36-18-20-7-5-4-6-8-20/h4-12,17,19,24H,13-16,18H2,1-3H3,(H,29,34)/b23-17-/t19-,24?/m1/s1. The number of likely N-dealkylation sites (N-methyl/N-ethyl adjacent to an activating group) is 1. The summed E-state index contributed by atoms with van der Waals surface area (Å²) in [6, 6.07) is 13.9. The van der Waals surface area contributed by atoms with Gasteiger partial charge in [-0.3, -0.25) is 4.79 Å². The Hall–Kier alpha value is -3.72. The van der Waals surface area contributed by atoms with Gasteiger partial charge in [0.15, 0.2) is 0 Å². The summed E-state index contributed by atoms with van der Waals surface area (Å²) < 4.78 is 25.5. The van der Waals surface area contributed by atoms with Crippen molar-refractivity contribution in [2.24, 2.45) is 5.92 Å². The first-order chi connectivity index (χ1) is 17.3. The van der Waals surface area contributed by atoms with Gasteiger partial charge in [-0.1, -0.05) is 42.5 Å². The molecule has 0 radical (unpaired) electrons. The molecule has 2 amide bonds. The largest absolute Gasteiger partial charge is 0.465 e. The Labute approximate surface area is 210 Å². The zero-order valence-electron chi connectivity index (χ0n) is 20.8. The fourth-order valence-electron chi connectivity index (χ4n) is 3.84. The number of rotatable bonds is 8. The number of methoxy groups -OCH3 is 1. The van der Waals surface area contributed by atoms with Gasteiger partial charge in [-0.25, -0.2) is 14.0 Å². The fraction of sp³-hybridized carbons (Fsp3) is 0.370. The van der Waals surface area contributed by atoms with Crippen LogP contribution in [0.5, 0.6) is 0 Å². The van der Waals surface area contributed by atoms with E-state index in [2.05, 4.69) is 10.2 Å². The van der Waals surface area contributed by atoms with E-state index in [9.17, 15) is 14.4 Å². The highest BCUT2D eigenvalue weighted by atomic mass is 19.1.